The van der Waals surface area contributed by atoms with Crippen LogP contribution >= 0.6 is 0 Å². The van der Waals surface area contributed by atoms with Gasteiger partial charge in [-0.3, -0.25) is 0 Å². The van der Waals surface area contributed by atoms with Crippen LogP contribution in [0.25, 0.3) is 71.3 Å². The molecule has 0 aliphatic heterocycles. The van der Waals surface area contributed by atoms with Gasteiger partial charge in [-0.05, 0) is 87.6 Å². The van der Waals surface area contributed by atoms with E-state index in [0.717, 1.165) is 17.1 Å². The number of para-hydroxylation sites is 2. The van der Waals surface area contributed by atoms with Gasteiger partial charge < -0.3 is 9.47 Å². The lowest BCUT2D eigenvalue weighted by Crippen LogP contribution is -2.11. The van der Waals surface area contributed by atoms with E-state index in [4.69, 9.17) is 0 Å². The summed E-state index contributed by atoms with van der Waals surface area (Å²) < 4.78 is 2.39. The second-order valence-corrected chi connectivity index (χ2v) is 13.4. The summed E-state index contributed by atoms with van der Waals surface area (Å²) in [5.41, 5.74) is 11.8. The first kappa shape index (κ1) is 30.0. The van der Waals surface area contributed by atoms with Crippen LogP contribution in [0, 0.1) is 0 Å². The fourth-order valence-electron chi connectivity index (χ4n) is 8.02. The van der Waals surface area contributed by atoms with Gasteiger partial charge >= 0.3 is 0 Å². The molecule has 0 aliphatic rings. The van der Waals surface area contributed by atoms with Crippen LogP contribution in [0.5, 0.6) is 0 Å². The molecule has 0 saturated heterocycles. The molecule has 0 aliphatic carbocycles. The topological polar surface area (TPSA) is 8.17 Å². The maximum Gasteiger partial charge on any atom is 0.0547 e. The Balaban J connectivity index is 1.14. The lowest BCUT2D eigenvalue weighted by Gasteiger charge is -2.28. The molecule has 244 valence electrons. The van der Waals surface area contributed by atoms with Gasteiger partial charge in [-0.25, -0.2) is 0 Å². The van der Waals surface area contributed by atoms with E-state index in [2.05, 4.69) is 216 Å². The molecule has 0 unspecified atom stereocenters. The molecule has 9 aromatic carbocycles. The molecule has 0 amide bonds. The smallest absolute Gasteiger partial charge is 0.0547 e. The minimum absolute atomic E-state index is 1.11. The number of aromatic nitrogens is 1. The van der Waals surface area contributed by atoms with Crippen LogP contribution in [0.15, 0.2) is 206 Å². The fourth-order valence-corrected chi connectivity index (χ4v) is 8.02. The first-order valence-electron chi connectivity index (χ1n) is 17.9. The molecule has 0 spiro atoms. The fraction of sp³-hybridized carbons (Fsp3) is 0. The van der Waals surface area contributed by atoms with E-state index in [9.17, 15) is 0 Å². The van der Waals surface area contributed by atoms with Gasteiger partial charge in [-0.2, -0.15) is 0 Å². The van der Waals surface area contributed by atoms with Crippen molar-refractivity contribution in [2.45, 2.75) is 0 Å². The summed E-state index contributed by atoms with van der Waals surface area (Å²) in [6.45, 7) is 0. The third kappa shape index (κ3) is 4.96. The predicted octanol–water partition coefficient (Wildman–Crippen LogP) is 13.9. The Kier molecular flexibility index (Phi) is 7.18. The lowest BCUT2D eigenvalue weighted by atomic mass is 9.95. The molecule has 10 aromatic rings. The monoisotopic (exact) mass is 662 g/mol. The molecule has 52 heavy (non-hydrogen) atoms. The summed E-state index contributed by atoms with van der Waals surface area (Å²) in [4.78, 5) is 2.43. The van der Waals surface area contributed by atoms with Gasteiger partial charge in [-0.1, -0.05) is 152 Å². The number of hydrogen-bond acceptors (Lipinski definition) is 1. The van der Waals surface area contributed by atoms with Gasteiger partial charge in [0.25, 0.3) is 0 Å². The van der Waals surface area contributed by atoms with Crippen LogP contribution in [-0.2, 0) is 0 Å². The van der Waals surface area contributed by atoms with Gasteiger partial charge in [0.15, 0.2) is 0 Å². The molecule has 0 atom stereocenters. The van der Waals surface area contributed by atoms with Crippen molar-refractivity contribution in [1.29, 1.82) is 0 Å². The van der Waals surface area contributed by atoms with E-state index in [1.807, 2.05) is 0 Å². The zero-order valence-electron chi connectivity index (χ0n) is 28.5. The normalized spacial score (nSPS) is 11.5. The Labute approximate surface area is 303 Å². The molecular weight excluding hydrogens is 629 g/mol. The van der Waals surface area contributed by atoms with Crippen molar-refractivity contribution in [1.82, 2.24) is 4.57 Å². The van der Waals surface area contributed by atoms with Crippen molar-refractivity contribution in [3.05, 3.63) is 206 Å². The molecule has 0 radical (unpaired) electrons. The summed E-state index contributed by atoms with van der Waals surface area (Å²) in [6.07, 6.45) is 0. The Hall–Kier alpha value is -6.90. The zero-order chi connectivity index (χ0) is 34.4. The average molecular weight is 663 g/mol. The Bertz CT molecular complexity index is 2830. The quantitative estimate of drug-likeness (QED) is 0.172. The highest BCUT2D eigenvalue weighted by Crippen LogP contribution is 2.44. The molecule has 0 N–H and O–H groups in total. The number of fused-ring (bicyclic) bond motifs is 5. The second kappa shape index (κ2) is 12.5. The van der Waals surface area contributed by atoms with Crippen LogP contribution in [0.1, 0.15) is 0 Å². The number of nitrogens with zero attached hydrogens (tertiary/aromatic N) is 2. The van der Waals surface area contributed by atoms with Gasteiger partial charge in [0.1, 0.15) is 0 Å². The molecule has 1 heterocycles. The van der Waals surface area contributed by atoms with E-state index in [-0.39, 0.29) is 0 Å². The number of benzene rings is 9. The average Bonchev–Trinajstić information content (AvgIpc) is 3.56. The van der Waals surface area contributed by atoms with Crippen LogP contribution in [-0.4, -0.2) is 4.57 Å². The largest absolute Gasteiger partial charge is 0.309 e. The highest BCUT2D eigenvalue weighted by molar-refractivity contribution is 6.16. The summed E-state index contributed by atoms with van der Waals surface area (Å²) in [5.74, 6) is 0. The first-order chi connectivity index (χ1) is 25.8. The summed E-state index contributed by atoms with van der Waals surface area (Å²) >= 11 is 0. The van der Waals surface area contributed by atoms with Crippen LogP contribution in [0.2, 0.25) is 0 Å². The standard InChI is InChI=1S/C50H34N2/c1-2-22-40(23-3-1)51-48-29-9-8-27-45(48)50-44(28-14-32-49(50)51)39-21-10-19-37(33-39)38-20-11-24-41(34-38)52(46-30-12-17-35-15-4-6-25-42(35)46)47-31-13-18-36-16-5-7-26-43(36)47/h1-34H. The SMILES string of the molecule is c1ccc(-n2c3ccccc3c3c(-c4cccc(-c5cccc(N(c6cccc7ccccc67)c6cccc7ccccc67)c5)c4)cccc32)cc1. The molecule has 2 heteroatoms. The van der Waals surface area contributed by atoms with Gasteiger partial charge in [0.2, 0.25) is 0 Å². The number of rotatable bonds is 6. The van der Waals surface area contributed by atoms with Crippen LogP contribution in [0.3, 0.4) is 0 Å². The molecular formula is C50H34N2. The summed E-state index contributed by atoms with van der Waals surface area (Å²) in [7, 11) is 0. The van der Waals surface area contributed by atoms with E-state index in [1.54, 1.807) is 0 Å². The minimum Gasteiger partial charge on any atom is -0.309 e. The molecule has 2 nitrogen and oxygen atoms in total. The Morgan fingerprint density at radius 3 is 1.60 bits per heavy atom. The Morgan fingerprint density at radius 2 is 0.865 bits per heavy atom. The van der Waals surface area contributed by atoms with Crippen LogP contribution < -0.4 is 4.90 Å². The summed E-state index contributed by atoms with van der Waals surface area (Å²) in [5, 5.41) is 7.39. The van der Waals surface area contributed by atoms with Crippen LogP contribution in [0.4, 0.5) is 17.1 Å². The maximum absolute atomic E-state index is 2.43. The zero-order valence-corrected chi connectivity index (χ0v) is 28.5. The number of anilines is 3. The van der Waals surface area contributed by atoms with Gasteiger partial charge in [0.05, 0.1) is 22.4 Å². The first-order valence-corrected chi connectivity index (χ1v) is 17.9. The van der Waals surface area contributed by atoms with Crippen molar-refractivity contribution >= 4 is 60.4 Å². The molecule has 0 fully saturated rings. The number of hydrogen-bond donors (Lipinski definition) is 0. The summed E-state index contributed by atoms with van der Waals surface area (Å²) in [6, 6.07) is 74.7. The highest BCUT2D eigenvalue weighted by Gasteiger charge is 2.19. The van der Waals surface area contributed by atoms with Crippen molar-refractivity contribution in [2.24, 2.45) is 0 Å². The Morgan fingerprint density at radius 1 is 0.346 bits per heavy atom. The molecule has 0 saturated carbocycles. The van der Waals surface area contributed by atoms with E-state index < -0.39 is 0 Å². The third-order valence-corrected chi connectivity index (χ3v) is 10.3. The van der Waals surface area contributed by atoms with E-state index in [1.165, 1.54) is 71.3 Å². The van der Waals surface area contributed by atoms with Crippen molar-refractivity contribution < 1.29 is 0 Å². The lowest BCUT2D eigenvalue weighted by molar-refractivity contribution is 1.18. The van der Waals surface area contributed by atoms with Gasteiger partial charge in [-0.15, -0.1) is 0 Å². The molecule has 1 aromatic heterocycles. The van der Waals surface area contributed by atoms with E-state index >= 15 is 0 Å². The van der Waals surface area contributed by atoms with E-state index in [0.29, 0.717) is 0 Å². The van der Waals surface area contributed by atoms with Crippen molar-refractivity contribution in [2.75, 3.05) is 4.90 Å². The third-order valence-electron chi connectivity index (χ3n) is 10.3. The van der Waals surface area contributed by atoms with Crippen molar-refractivity contribution in [3.8, 4) is 27.9 Å². The van der Waals surface area contributed by atoms with Crippen molar-refractivity contribution in [3.63, 3.8) is 0 Å². The molecule has 10 rings (SSSR count). The predicted molar refractivity (Wildman–Crippen MR) is 221 cm³/mol. The van der Waals surface area contributed by atoms with Gasteiger partial charge in [0, 0.05) is 32.9 Å². The maximum atomic E-state index is 2.43. The highest BCUT2D eigenvalue weighted by atomic mass is 15.1. The minimum atomic E-state index is 1.11. The molecule has 0 bridgehead atoms. The second-order valence-electron chi connectivity index (χ2n) is 13.4.